The Labute approximate surface area is 120 Å². The van der Waals surface area contributed by atoms with Crippen molar-refractivity contribution in [3.05, 3.63) is 29.6 Å². The van der Waals surface area contributed by atoms with Crippen molar-refractivity contribution in [2.24, 2.45) is 0 Å². The first kappa shape index (κ1) is 16.0. The first-order valence-corrected chi connectivity index (χ1v) is 6.69. The standard InChI is InChI=1S/C14H17F4NO2/c1-3-20-13-11(19-2)7-12(13)21-8-4-5-10(15)9(6-8)14(16,17)18/h4-6,11-13,19H,3,7H2,1-2H3. The van der Waals surface area contributed by atoms with Crippen LogP contribution in [-0.2, 0) is 10.9 Å². The van der Waals surface area contributed by atoms with E-state index in [1.807, 2.05) is 6.92 Å². The van der Waals surface area contributed by atoms with E-state index in [4.69, 9.17) is 9.47 Å². The summed E-state index contributed by atoms with van der Waals surface area (Å²) < 4.78 is 62.2. The number of ether oxygens (including phenoxy) is 2. The molecule has 3 unspecified atom stereocenters. The molecule has 0 bridgehead atoms. The summed E-state index contributed by atoms with van der Waals surface area (Å²) in [6.07, 6.45) is -4.68. The fourth-order valence-corrected chi connectivity index (χ4v) is 2.36. The van der Waals surface area contributed by atoms with Gasteiger partial charge in [-0.15, -0.1) is 0 Å². The van der Waals surface area contributed by atoms with E-state index in [1.165, 1.54) is 6.07 Å². The SMILES string of the molecule is CCOC1C(NC)CC1Oc1ccc(F)c(C(F)(F)F)c1. The van der Waals surface area contributed by atoms with E-state index in [0.717, 1.165) is 6.07 Å². The van der Waals surface area contributed by atoms with E-state index in [9.17, 15) is 17.6 Å². The van der Waals surface area contributed by atoms with Crippen LogP contribution in [0.3, 0.4) is 0 Å². The quantitative estimate of drug-likeness (QED) is 0.848. The lowest BCUT2D eigenvalue weighted by molar-refractivity contribution is -0.140. The number of nitrogens with one attached hydrogen (secondary N) is 1. The molecule has 1 aliphatic rings. The Morgan fingerprint density at radius 1 is 1.33 bits per heavy atom. The molecule has 1 aliphatic carbocycles. The van der Waals surface area contributed by atoms with Crippen LogP contribution in [0.1, 0.15) is 18.9 Å². The van der Waals surface area contributed by atoms with E-state index < -0.39 is 17.6 Å². The van der Waals surface area contributed by atoms with Crippen LogP contribution in [0.5, 0.6) is 5.75 Å². The molecular weight excluding hydrogens is 290 g/mol. The lowest BCUT2D eigenvalue weighted by atomic mass is 9.85. The summed E-state index contributed by atoms with van der Waals surface area (Å²) >= 11 is 0. The normalized spacial score (nSPS) is 25.5. The van der Waals surface area contributed by atoms with Crippen molar-refractivity contribution in [2.45, 2.75) is 37.8 Å². The van der Waals surface area contributed by atoms with Crippen molar-refractivity contribution in [3.8, 4) is 5.75 Å². The minimum atomic E-state index is -4.74. The van der Waals surface area contributed by atoms with Gasteiger partial charge >= 0.3 is 6.18 Å². The van der Waals surface area contributed by atoms with Gasteiger partial charge in [-0.1, -0.05) is 0 Å². The van der Waals surface area contributed by atoms with Gasteiger partial charge in [0.2, 0.25) is 0 Å². The van der Waals surface area contributed by atoms with Crippen molar-refractivity contribution in [1.29, 1.82) is 0 Å². The van der Waals surface area contributed by atoms with Crippen LogP contribution in [0.2, 0.25) is 0 Å². The van der Waals surface area contributed by atoms with E-state index >= 15 is 0 Å². The molecule has 3 atom stereocenters. The molecule has 1 saturated carbocycles. The Morgan fingerprint density at radius 3 is 2.62 bits per heavy atom. The molecule has 0 saturated heterocycles. The fraction of sp³-hybridized carbons (Fsp3) is 0.571. The highest BCUT2D eigenvalue weighted by molar-refractivity contribution is 5.32. The maximum absolute atomic E-state index is 13.2. The summed E-state index contributed by atoms with van der Waals surface area (Å²) in [5.41, 5.74) is -1.32. The molecule has 118 valence electrons. The highest BCUT2D eigenvalue weighted by Crippen LogP contribution is 2.35. The van der Waals surface area contributed by atoms with Crippen LogP contribution in [0, 0.1) is 5.82 Å². The molecule has 1 aromatic carbocycles. The van der Waals surface area contributed by atoms with Gasteiger partial charge in [0.05, 0.1) is 5.56 Å². The summed E-state index contributed by atoms with van der Waals surface area (Å²) in [4.78, 5) is 0. The highest BCUT2D eigenvalue weighted by Gasteiger charge is 2.43. The van der Waals surface area contributed by atoms with Gasteiger partial charge in [-0.05, 0) is 32.2 Å². The Kier molecular flexibility index (Phi) is 4.73. The van der Waals surface area contributed by atoms with Gasteiger partial charge in [0.25, 0.3) is 0 Å². The lowest BCUT2D eigenvalue weighted by Gasteiger charge is -2.43. The molecule has 1 aromatic rings. The maximum atomic E-state index is 13.2. The largest absolute Gasteiger partial charge is 0.488 e. The number of alkyl halides is 3. The third-order valence-electron chi connectivity index (χ3n) is 3.51. The predicted molar refractivity (Wildman–Crippen MR) is 68.7 cm³/mol. The van der Waals surface area contributed by atoms with Gasteiger partial charge in [0, 0.05) is 19.1 Å². The second kappa shape index (κ2) is 6.19. The van der Waals surface area contributed by atoms with Crippen LogP contribution in [0.4, 0.5) is 17.6 Å². The van der Waals surface area contributed by atoms with Gasteiger partial charge in [0.15, 0.2) is 0 Å². The molecule has 1 fully saturated rings. The first-order valence-electron chi connectivity index (χ1n) is 6.69. The third kappa shape index (κ3) is 3.47. The van der Waals surface area contributed by atoms with Crippen molar-refractivity contribution < 1.29 is 27.0 Å². The van der Waals surface area contributed by atoms with Crippen LogP contribution in [-0.4, -0.2) is 31.9 Å². The first-order chi connectivity index (χ1) is 9.86. The summed E-state index contributed by atoms with van der Waals surface area (Å²) in [5.74, 6) is -1.31. The van der Waals surface area contributed by atoms with Gasteiger partial charge < -0.3 is 14.8 Å². The molecule has 7 heteroatoms. The smallest absolute Gasteiger partial charge is 0.419 e. The van der Waals surface area contributed by atoms with E-state index in [0.29, 0.717) is 19.1 Å². The van der Waals surface area contributed by atoms with Gasteiger partial charge in [-0.3, -0.25) is 0 Å². The average Bonchev–Trinajstić information content (AvgIpc) is 2.40. The Bertz CT molecular complexity index is 492. The zero-order valence-corrected chi connectivity index (χ0v) is 11.7. The Morgan fingerprint density at radius 2 is 2.05 bits per heavy atom. The molecule has 21 heavy (non-hydrogen) atoms. The maximum Gasteiger partial charge on any atom is 0.419 e. The molecule has 0 aliphatic heterocycles. The second-order valence-corrected chi connectivity index (χ2v) is 4.85. The number of halogens is 4. The van der Waals surface area contributed by atoms with Crippen LogP contribution < -0.4 is 10.1 Å². The minimum Gasteiger partial charge on any atom is -0.488 e. The van der Waals surface area contributed by atoms with E-state index in [-0.39, 0.29) is 24.0 Å². The summed E-state index contributed by atoms with van der Waals surface area (Å²) in [6, 6.07) is 2.75. The predicted octanol–water partition coefficient (Wildman–Crippen LogP) is 2.99. The van der Waals surface area contributed by atoms with Gasteiger partial charge in [0.1, 0.15) is 23.8 Å². The van der Waals surface area contributed by atoms with Gasteiger partial charge in [-0.2, -0.15) is 13.2 Å². The van der Waals surface area contributed by atoms with E-state index in [1.54, 1.807) is 7.05 Å². The molecular formula is C14H17F4NO2. The summed E-state index contributed by atoms with van der Waals surface area (Å²) in [6.45, 7) is 2.32. The monoisotopic (exact) mass is 307 g/mol. The zero-order valence-electron chi connectivity index (χ0n) is 11.7. The van der Waals surface area contributed by atoms with Crippen molar-refractivity contribution in [2.75, 3.05) is 13.7 Å². The second-order valence-electron chi connectivity index (χ2n) is 4.85. The molecule has 0 spiro atoms. The van der Waals surface area contributed by atoms with E-state index in [2.05, 4.69) is 5.32 Å². The lowest BCUT2D eigenvalue weighted by Crippen LogP contribution is -2.60. The number of benzene rings is 1. The minimum absolute atomic E-state index is 0.00650. The molecule has 0 radical (unpaired) electrons. The van der Waals surface area contributed by atoms with Gasteiger partial charge in [-0.25, -0.2) is 4.39 Å². The fourth-order valence-electron chi connectivity index (χ4n) is 2.36. The molecule has 0 aromatic heterocycles. The molecule has 2 rings (SSSR count). The van der Waals surface area contributed by atoms with Crippen LogP contribution >= 0.6 is 0 Å². The Balaban J connectivity index is 2.10. The molecule has 1 N–H and O–H groups in total. The molecule has 3 nitrogen and oxygen atoms in total. The van der Waals surface area contributed by atoms with Crippen molar-refractivity contribution >= 4 is 0 Å². The molecule has 0 heterocycles. The van der Waals surface area contributed by atoms with Crippen LogP contribution in [0.25, 0.3) is 0 Å². The van der Waals surface area contributed by atoms with Crippen LogP contribution in [0.15, 0.2) is 18.2 Å². The number of hydrogen-bond donors (Lipinski definition) is 1. The topological polar surface area (TPSA) is 30.5 Å². The van der Waals surface area contributed by atoms with Crippen molar-refractivity contribution in [1.82, 2.24) is 5.32 Å². The average molecular weight is 307 g/mol. The highest BCUT2D eigenvalue weighted by atomic mass is 19.4. The van der Waals surface area contributed by atoms with Crippen molar-refractivity contribution in [3.63, 3.8) is 0 Å². The third-order valence-corrected chi connectivity index (χ3v) is 3.51. The Hall–Kier alpha value is -1.34. The number of rotatable bonds is 5. The molecule has 0 amide bonds. The summed E-state index contributed by atoms with van der Waals surface area (Å²) in [5, 5.41) is 3.05. The summed E-state index contributed by atoms with van der Waals surface area (Å²) in [7, 11) is 1.78. The number of hydrogen-bond acceptors (Lipinski definition) is 3. The zero-order chi connectivity index (χ0) is 15.6. The number of likely N-dealkylation sites (N-methyl/N-ethyl adjacent to an activating group) is 1.